The number of carbonyl (C=O) groups is 1. The summed E-state index contributed by atoms with van der Waals surface area (Å²) in [5.41, 5.74) is 1.38. The Kier molecular flexibility index (Phi) is 5.32. The number of ether oxygens (including phenoxy) is 1. The fraction of sp³-hybridized carbons (Fsp3) is 0.0500. The van der Waals surface area contributed by atoms with Crippen LogP contribution in [0.25, 0.3) is 17.4 Å². The van der Waals surface area contributed by atoms with Crippen molar-refractivity contribution < 1.29 is 18.9 Å². The number of furan rings is 1. The maximum atomic E-state index is 12.0. The SMILES string of the molecule is COc1ccc(NC(=O)C=Cc2ccc(-c3ccc([N+](=O)[O-])cc3)o2)cc1. The second-order valence-electron chi connectivity index (χ2n) is 5.56. The molecule has 0 aliphatic rings. The largest absolute Gasteiger partial charge is 0.497 e. The van der Waals surface area contributed by atoms with Gasteiger partial charge in [0.25, 0.3) is 5.69 Å². The van der Waals surface area contributed by atoms with Gasteiger partial charge in [-0.05, 0) is 54.6 Å². The lowest BCUT2D eigenvalue weighted by Gasteiger charge is -2.03. The van der Waals surface area contributed by atoms with Crippen molar-refractivity contribution in [3.8, 4) is 17.1 Å². The number of nitro benzene ring substituents is 1. The molecule has 0 aliphatic heterocycles. The summed E-state index contributed by atoms with van der Waals surface area (Å²) in [6.45, 7) is 0. The van der Waals surface area contributed by atoms with Gasteiger partial charge in [0.05, 0.1) is 12.0 Å². The Morgan fingerprint density at radius 2 is 1.78 bits per heavy atom. The van der Waals surface area contributed by atoms with E-state index in [1.165, 1.54) is 18.2 Å². The highest BCUT2D eigenvalue weighted by Gasteiger charge is 2.08. The Balaban J connectivity index is 1.63. The van der Waals surface area contributed by atoms with E-state index in [1.807, 2.05) is 0 Å². The van der Waals surface area contributed by atoms with Crippen LogP contribution >= 0.6 is 0 Å². The van der Waals surface area contributed by atoms with Crippen molar-refractivity contribution in [1.29, 1.82) is 0 Å². The van der Waals surface area contributed by atoms with Crippen LogP contribution < -0.4 is 10.1 Å². The molecule has 7 nitrogen and oxygen atoms in total. The molecule has 3 rings (SSSR count). The first-order valence-corrected chi connectivity index (χ1v) is 8.03. The van der Waals surface area contributed by atoms with Crippen LogP contribution in [0, 0.1) is 10.1 Å². The highest BCUT2D eigenvalue weighted by atomic mass is 16.6. The third-order valence-electron chi connectivity index (χ3n) is 3.75. The number of hydrogen-bond donors (Lipinski definition) is 1. The molecule has 0 saturated heterocycles. The molecule has 0 saturated carbocycles. The number of amides is 1. The second kappa shape index (κ2) is 8.01. The van der Waals surface area contributed by atoms with Crippen LogP contribution in [0.1, 0.15) is 5.76 Å². The van der Waals surface area contributed by atoms with Crippen LogP contribution in [0.3, 0.4) is 0 Å². The number of nitrogens with one attached hydrogen (secondary N) is 1. The fourth-order valence-corrected chi connectivity index (χ4v) is 2.36. The van der Waals surface area contributed by atoms with Gasteiger partial charge < -0.3 is 14.5 Å². The van der Waals surface area contributed by atoms with Crippen molar-refractivity contribution in [3.63, 3.8) is 0 Å². The number of nitro groups is 1. The Hall–Kier alpha value is -3.87. The summed E-state index contributed by atoms with van der Waals surface area (Å²) >= 11 is 0. The molecule has 1 amide bonds. The minimum atomic E-state index is -0.457. The fourth-order valence-electron chi connectivity index (χ4n) is 2.36. The van der Waals surface area contributed by atoms with Crippen LogP contribution in [0.4, 0.5) is 11.4 Å². The van der Waals surface area contributed by atoms with Crippen molar-refractivity contribution >= 4 is 23.4 Å². The molecule has 0 radical (unpaired) electrons. The summed E-state index contributed by atoms with van der Waals surface area (Å²) in [4.78, 5) is 22.2. The van der Waals surface area contributed by atoms with E-state index < -0.39 is 4.92 Å². The number of anilines is 1. The van der Waals surface area contributed by atoms with E-state index in [4.69, 9.17) is 9.15 Å². The van der Waals surface area contributed by atoms with Crippen molar-refractivity contribution in [2.24, 2.45) is 0 Å². The minimum Gasteiger partial charge on any atom is -0.497 e. The van der Waals surface area contributed by atoms with Gasteiger partial charge in [-0.1, -0.05) is 0 Å². The molecule has 0 atom stereocenters. The smallest absolute Gasteiger partial charge is 0.269 e. The molecule has 0 spiro atoms. The molecule has 27 heavy (non-hydrogen) atoms. The van der Waals surface area contributed by atoms with Crippen LogP contribution in [0.2, 0.25) is 0 Å². The van der Waals surface area contributed by atoms with Gasteiger partial charge in [-0.25, -0.2) is 0 Å². The monoisotopic (exact) mass is 364 g/mol. The number of carbonyl (C=O) groups excluding carboxylic acids is 1. The maximum Gasteiger partial charge on any atom is 0.269 e. The van der Waals surface area contributed by atoms with Gasteiger partial charge in [0.2, 0.25) is 5.91 Å². The van der Waals surface area contributed by atoms with Crippen molar-refractivity contribution in [3.05, 3.63) is 82.6 Å². The minimum absolute atomic E-state index is 0.0145. The zero-order valence-corrected chi connectivity index (χ0v) is 14.4. The Bertz CT molecular complexity index is 972. The van der Waals surface area contributed by atoms with E-state index in [1.54, 1.807) is 61.7 Å². The summed E-state index contributed by atoms with van der Waals surface area (Å²) in [6.07, 6.45) is 2.91. The number of benzene rings is 2. The molecule has 7 heteroatoms. The van der Waals surface area contributed by atoms with Gasteiger partial charge in [0.1, 0.15) is 17.3 Å². The average molecular weight is 364 g/mol. The summed E-state index contributed by atoms with van der Waals surface area (Å²) in [7, 11) is 1.57. The maximum absolute atomic E-state index is 12.0. The first-order chi connectivity index (χ1) is 13.0. The standard InChI is InChI=1S/C20H16N2O5/c1-26-17-8-4-15(5-9-17)21-20(23)13-11-18-10-12-19(27-18)14-2-6-16(7-3-14)22(24)25/h2-13H,1H3,(H,21,23). The number of hydrogen-bond acceptors (Lipinski definition) is 5. The first-order valence-electron chi connectivity index (χ1n) is 8.03. The highest BCUT2D eigenvalue weighted by molar-refractivity contribution is 6.01. The number of rotatable bonds is 6. The molecule has 0 aliphatic carbocycles. The zero-order chi connectivity index (χ0) is 19.2. The molecule has 0 unspecified atom stereocenters. The van der Waals surface area contributed by atoms with Gasteiger partial charge >= 0.3 is 0 Å². The van der Waals surface area contributed by atoms with Crippen LogP contribution in [0.5, 0.6) is 5.75 Å². The number of nitrogens with zero attached hydrogens (tertiary/aromatic N) is 1. The van der Waals surface area contributed by atoms with Crippen LogP contribution in [0.15, 0.2) is 71.2 Å². The van der Waals surface area contributed by atoms with Gasteiger partial charge in [0, 0.05) is 29.5 Å². The van der Waals surface area contributed by atoms with Gasteiger partial charge in [-0.15, -0.1) is 0 Å². The Morgan fingerprint density at radius 1 is 1.07 bits per heavy atom. The molecule has 136 valence electrons. The second-order valence-corrected chi connectivity index (χ2v) is 5.56. The van der Waals surface area contributed by atoms with E-state index in [0.717, 1.165) is 0 Å². The lowest BCUT2D eigenvalue weighted by molar-refractivity contribution is -0.384. The molecule has 0 fully saturated rings. The molecule has 2 aromatic carbocycles. The lowest BCUT2D eigenvalue weighted by Crippen LogP contribution is -2.07. The third-order valence-corrected chi connectivity index (χ3v) is 3.75. The van der Waals surface area contributed by atoms with E-state index in [0.29, 0.717) is 28.5 Å². The molecular weight excluding hydrogens is 348 g/mol. The third kappa shape index (κ3) is 4.60. The summed E-state index contributed by atoms with van der Waals surface area (Å²) in [5.74, 6) is 1.46. The van der Waals surface area contributed by atoms with E-state index >= 15 is 0 Å². The summed E-state index contributed by atoms with van der Waals surface area (Å²) in [6, 6.07) is 16.5. The van der Waals surface area contributed by atoms with Crippen LogP contribution in [-0.2, 0) is 4.79 Å². The summed E-state index contributed by atoms with van der Waals surface area (Å²) < 4.78 is 10.7. The average Bonchev–Trinajstić information content (AvgIpc) is 3.16. The van der Waals surface area contributed by atoms with Gasteiger partial charge in [-0.2, -0.15) is 0 Å². The Labute approximate surface area is 155 Å². The van der Waals surface area contributed by atoms with Crippen molar-refractivity contribution in [2.45, 2.75) is 0 Å². The predicted molar refractivity (Wildman–Crippen MR) is 101 cm³/mol. The van der Waals surface area contributed by atoms with E-state index in [2.05, 4.69) is 5.32 Å². The van der Waals surface area contributed by atoms with Crippen molar-refractivity contribution in [1.82, 2.24) is 0 Å². The van der Waals surface area contributed by atoms with Gasteiger partial charge in [-0.3, -0.25) is 14.9 Å². The Morgan fingerprint density at radius 3 is 2.41 bits per heavy atom. The van der Waals surface area contributed by atoms with Gasteiger partial charge in [0.15, 0.2) is 0 Å². The highest BCUT2D eigenvalue weighted by Crippen LogP contribution is 2.25. The summed E-state index contributed by atoms with van der Waals surface area (Å²) in [5, 5.41) is 13.4. The topological polar surface area (TPSA) is 94.6 Å². The van der Waals surface area contributed by atoms with Crippen molar-refractivity contribution in [2.75, 3.05) is 12.4 Å². The van der Waals surface area contributed by atoms with E-state index in [-0.39, 0.29) is 11.6 Å². The predicted octanol–water partition coefficient (Wildman–Crippen LogP) is 4.52. The number of non-ortho nitro benzene ring substituents is 1. The number of methoxy groups -OCH3 is 1. The quantitative estimate of drug-likeness (QED) is 0.394. The molecule has 3 aromatic rings. The first kappa shape index (κ1) is 17.9. The molecule has 1 aromatic heterocycles. The zero-order valence-electron chi connectivity index (χ0n) is 14.4. The van der Waals surface area contributed by atoms with E-state index in [9.17, 15) is 14.9 Å². The lowest BCUT2D eigenvalue weighted by atomic mass is 10.1. The normalized spacial score (nSPS) is 10.7. The molecule has 1 heterocycles. The molecule has 0 bridgehead atoms. The molecular formula is C20H16N2O5. The van der Waals surface area contributed by atoms with Crippen LogP contribution in [-0.4, -0.2) is 17.9 Å². The molecule has 1 N–H and O–H groups in total.